The maximum absolute atomic E-state index is 14.0. The van der Waals surface area contributed by atoms with Crippen LogP contribution in [0.2, 0.25) is 0 Å². The number of carboxylic acid groups (broad SMARTS) is 1. The summed E-state index contributed by atoms with van der Waals surface area (Å²) in [6, 6.07) is 3.87. The SMILES string of the molecule is CC(C)C[C@H](NC(=O)[C@@H](N)Cc1ccccc1)C(=O)N[C@H](C(=O)N1CCC[C@H]1C(=O)N1CCC[C@H]1C(=O)N[C@H](C(=O)O)C(C)C)C(C)C. The molecule has 48 heavy (non-hydrogen) atoms. The van der Waals surface area contributed by atoms with Gasteiger partial charge in [0.05, 0.1) is 6.04 Å². The Morgan fingerprint density at radius 3 is 1.94 bits per heavy atom. The number of carbonyl (C=O) groups is 6. The molecule has 0 unspecified atom stereocenters. The van der Waals surface area contributed by atoms with Gasteiger partial charge in [-0.1, -0.05) is 71.9 Å². The van der Waals surface area contributed by atoms with Crippen LogP contribution in [0.15, 0.2) is 30.3 Å². The number of nitrogens with zero attached hydrogens (tertiary/aromatic N) is 2. The Kier molecular flexibility index (Phi) is 13.9. The number of amides is 5. The van der Waals surface area contributed by atoms with E-state index in [1.807, 2.05) is 44.2 Å². The van der Waals surface area contributed by atoms with Gasteiger partial charge in [0.2, 0.25) is 29.5 Å². The van der Waals surface area contributed by atoms with Crippen molar-refractivity contribution in [2.45, 2.75) is 116 Å². The second-order valence-electron chi connectivity index (χ2n) is 14.2. The predicted molar refractivity (Wildman–Crippen MR) is 180 cm³/mol. The van der Waals surface area contributed by atoms with E-state index in [0.29, 0.717) is 51.6 Å². The Morgan fingerprint density at radius 1 is 0.792 bits per heavy atom. The Balaban J connectivity index is 1.71. The van der Waals surface area contributed by atoms with Crippen molar-refractivity contribution in [3.8, 4) is 0 Å². The van der Waals surface area contributed by atoms with Crippen LogP contribution >= 0.6 is 0 Å². The van der Waals surface area contributed by atoms with Crippen molar-refractivity contribution in [2.24, 2.45) is 23.5 Å². The summed E-state index contributed by atoms with van der Waals surface area (Å²) >= 11 is 0. The van der Waals surface area contributed by atoms with Crippen molar-refractivity contribution in [2.75, 3.05) is 13.1 Å². The maximum Gasteiger partial charge on any atom is 0.326 e. The summed E-state index contributed by atoms with van der Waals surface area (Å²) in [5.41, 5.74) is 7.09. The first kappa shape index (κ1) is 38.4. The van der Waals surface area contributed by atoms with Gasteiger partial charge in [-0.15, -0.1) is 0 Å². The molecule has 2 heterocycles. The summed E-state index contributed by atoms with van der Waals surface area (Å²) in [7, 11) is 0. The first-order valence-corrected chi connectivity index (χ1v) is 17.2. The number of aliphatic carboxylic acids is 1. The van der Waals surface area contributed by atoms with Gasteiger partial charge in [0.1, 0.15) is 30.2 Å². The lowest BCUT2D eigenvalue weighted by Crippen LogP contribution is -2.60. The zero-order valence-corrected chi connectivity index (χ0v) is 29.1. The van der Waals surface area contributed by atoms with E-state index >= 15 is 0 Å². The van der Waals surface area contributed by atoms with E-state index in [2.05, 4.69) is 16.0 Å². The molecule has 2 aliphatic heterocycles. The number of hydrogen-bond donors (Lipinski definition) is 5. The van der Waals surface area contributed by atoms with Gasteiger partial charge in [0.15, 0.2) is 0 Å². The zero-order valence-electron chi connectivity index (χ0n) is 29.1. The molecule has 0 aliphatic carbocycles. The van der Waals surface area contributed by atoms with E-state index in [-0.39, 0.29) is 23.7 Å². The third-order valence-electron chi connectivity index (χ3n) is 9.10. The van der Waals surface area contributed by atoms with Crippen molar-refractivity contribution >= 4 is 35.5 Å². The number of benzene rings is 1. The molecule has 1 aromatic rings. The fourth-order valence-corrected chi connectivity index (χ4v) is 6.43. The standard InChI is InChI=1S/C35H54N6O7/c1-20(2)18-25(37-30(42)24(36)19-23-12-8-7-9-13-23)31(43)38-28(21(3)4)34(46)41-17-11-15-27(41)33(45)40-16-10-14-26(40)32(44)39-29(22(5)6)35(47)48/h7-9,12-13,20-22,24-29H,10-11,14-19,36H2,1-6H3,(H,37,42)(H,38,43)(H,39,44)(H,47,48)/t24-,25-,26-,27-,28-,29-/m0/s1. The van der Waals surface area contributed by atoms with Crippen LogP contribution in [0.25, 0.3) is 0 Å². The highest BCUT2D eigenvalue weighted by Crippen LogP contribution is 2.27. The minimum Gasteiger partial charge on any atom is -0.480 e. The number of nitrogens with one attached hydrogen (secondary N) is 3. The summed E-state index contributed by atoms with van der Waals surface area (Å²) < 4.78 is 0. The molecule has 2 fully saturated rings. The molecule has 0 radical (unpaired) electrons. The predicted octanol–water partition coefficient (Wildman–Crippen LogP) is 1.44. The molecule has 0 bridgehead atoms. The molecule has 13 heteroatoms. The van der Waals surface area contributed by atoms with Crippen LogP contribution in [0.1, 0.15) is 79.2 Å². The molecule has 5 amide bonds. The molecular weight excluding hydrogens is 616 g/mol. The molecule has 2 saturated heterocycles. The fraction of sp³-hybridized carbons (Fsp3) is 0.657. The molecule has 266 valence electrons. The molecule has 13 nitrogen and oxygen atoms in total. The van der Waals surface area contributed by atoms with E-state index in [4.69, 9.17) is 5.73 Å². The molecular formula is C35H54N6O7. The molecule has 1 aromatic carbocycles. The summed E-state index contributed by atoms with van der Waals surface area (Å²) in [5, 5.41) is 17.8. The minimum atomic E-state index is -1.14. The quantitative estimate of drug-likeness (QED) is 0.185. The average Bonchev–Trinajstić information content (AvgIpc) is 3.72. The van der Waals surface area contributed by atoms with Crippen molar-refractivity contribution < 1.29 is 33.9 Å². The number of rotatable bonds is 15. The lowest BCUT2D eigenvalue weighted by atomic mass is 9.98. The number of likely N-dealkylation sites (tertiary alicyclic amines) is 2. The molecule has 2 aliphatic rings. The van der Waals surface area contributed by atoms with Gasteiger partial charge >= 0.3 is 5.97 Å². The lowest BCUT2D eigenvalue weighted by molar-refractivity contribution is -0.149. The molecule has 0 saturated carbocycles. The molecule has 0 aromatic heterocycles. The zero-order chi connectivity index (χ0) is 35.7. The molecule has 0 spiro atoms. The summed E-state index contributed by atoms with van der Waals surface area (Å²) in [6.07, 6.45) is 2.58. The first-order chi connectivity index (χ1) is 22.6. The van der Waals surface area contributed by atoms with Crippen molar-refractivity contribution in [1.82, 2.24) is 25.8 Å². The van der Waals surface area contributed by atoms with Gasteiger partial charge in [-0.2, -0.15) is 0 Å². The van der Waals surface area contributed by atoms with Gasteiger partial charge < -0.3 is 36.6 Å². The summed E-state index contributed by atoms with van der Waals surface area (Å²) in [6.45, 7) is 11.5. The van der Waals surface area contributed by atoms with Crippen LogP contribution in [0.5, 0.6) is 0 Å². The van der Waals surface area contributed by atoms with Gasteiger partial charge in [-0.3, -0.25) is 24.0 Å². The first-order valence-electron chi connectivity index (χ1n) is 17.2. The Hall–Kier alpha value is -4.00. The van der Waals surface area contributed by atoms with Crippen LogP contribution in [-0.4, -0.2) is 99.8 Å². The maximum atomic E-state index is 14.0. The summed E-state index contributed by atoms with van der Waals surface area (Å²) in [4.78, 5) is 82.4. The van der Waals surface area contributed by atoms with E-state index in [9.17, 15) is 33.9 Å². The third kappa shape index (κ3) is 10.0. The van der Waals surface area contributed by atoms with E-state index < -0.39 is 65.8 Å². The van der Waals surface area contributed by atoms with Gasteiger partial charge in [0.25, 0.3) is 0 Å². The molecule has 3 rings (SSSR count). The lowest BCUT2D eigenvalue weighted by Gasteiger charge is -2.34. The van der Waals surface area contributed by atoms with Gasteiger partial charge in [-0.25, -0.2) is 4.79 Å². The highest BCUT2D eigenvalue weighted by molar-refractivity contribution is 5.97. The number of carboxylic acids is 1. The molecule has 6 atom stereocenters. The Morgan fingerprint density at radius 2 is 1.38 bits per heavy atom. The third-order valence-corrected chi connectivity index (χ3v) is 9.10. The fourth-order valence-electron chi connectivity index (χ4n) is 6.43. The second-order valence-corrected chi connectivity index (χ2v) is 14.2. The van der Waals surface area contributed by atoms with Crippen LogP contribution in [0.3, 0.4) is 0 Å². The largest absolute Gasteiger partial charge is 0.480 e. The normalized spacial score (nSPS) is 20.4. The van der Waals surface area contributed by atoms with Crippen LogP contribution in [0, 0.1) is 17.8 Å². The highest BCUT2D eigenvalue weighted by atomic mass is 16.4. The van der Waals surface area contributed by atoms with Gasteiger partial charge in [0, 0.05) is 13.1 Å². The number of hydrogen-bond acceptors (Lipinski definition) is 7. The molecule has 6 N–H and O–H groups in total. The van der Waals surface area contributed by atoms with E-state index in [1.54, 1.807) is 27.7 Å². The minimum absolute atomic E-state index is 0.0529. The smallest absolute Gasteiger partial charge is 0.326 e. The average molecular weight is 671 g/mol. The van der Waals surface area contributed by atoms with Crippen LogP contribution < -0.4 is 21.7 Å². The number of carbonyl (C=O) groups excluding carboxylic acids is 5. The second kappa shape index (κ2) is 17.4. The van der Waals surface area contributed by atoms with Crippen LogP contribution in [0.4, 0.5) is 0 Å². The van der Waals surface area contributed by atoms with Gasteiger partial charge in [-0.05, 0) is 61.8 Å². The van der Waals surface area contributed by atoms with Crippen molar-refractivity contribution in [3.63, 3.8) is 0 Å². The van der Waals surface area contributed by atoms with E-state index in [0.717, 1.165) is 5.56 Å². The summed E-state index contributed by atoms with van der Waals surface area (Å²) in [5.74, 6) is -4.03. The van der Waals surface area contributed by atoms with Crippen LogP contribution in [-0.2, 0) is 35.2 Å². The monoisotopic (exact) mass is 670 g/mol. The van der Waals surface area contributed by atoms with E-state index in [1.165, 1.54) is 9.80 Å². The topological polar surface area (TPSA) is 191 Å². The Labute approximate surface area is 283 Å². The Bertz CT molecular complexity index is 1300. The van der Waals surface area contributed by atoms with Crippen molar-refractivity contribution in [3.05, 3.63) is 35.9 Å². The van der Waals surface area contributed by atoms with Crippen molar-refractivity contribution in [1.29, 1.82) is 0 Å². The number of nitrogens with two attached hydrogens (primary N) is 1. The highest BCUT2D eigenvalue weighted by Gasteiger charge is 2.44.